The van der Waals surface area contributed by atoms with Gasteiger partial charge in [-0.15, -0.1) is 0 Å². The zero-order chi connectivity index (χ0) is 16.8. The molecule has 0 unspecified atom stereocenters. The Bertz CT molecular complexity index is 1120. The van der Waals surface area contributed by atoms with Crippen LogP contribution in [0, 0.1) is 0 Å². The van der Waals surface area contributed by atoms with E-state index in [1.54, 1.807) is 0 Å². The molecule has 0 saturated heterocycles. The van der Waals surface area contributed by atoms with E-state index in [1.165, 1.54) is 0 Å². The lowest BCUT2D eigenvalue weighted by atomic mass is 10.0. The molecule has 4 aromatic rings. The summed E-state index contributed by atoms with van der Waals surface area (Å²) in [4.78, 5) is 0. The lowest BCUT2D eigenvalue weighted by Gasteiger charge is -2.22. The second-order valence-corrected chi connectivity index (χ2v) is 6.10. The van der Waals surface area contributed by atoms with Crippen molar-refractivity contribution < 1.29 is 9.47 Å². The van der Waals surface area contributed by atoms with E-state index in [0.29, 0.717) is 11.5 Å². The third-order valence-electron chi connectivity index (χ3n) is 4.47. The van der Waals surface area contributed by atoms with Crippen molar-refractivity contribution in [2.75, 3.05) is 5.73 Å². The van der Waals surface area contributed by atoms with E-state index in [2.05, 4.69) is 12.1 Å². The maximum absolute atomic E-state index is 6.12. The van der Waals surface area contributed by atoms with Gasteiger partial charge in [0.1, 0.15) is 0 Å². The molecule has 120 valence electrons. The number of nitrogen functional groups attached to an aromatic ring is 1. The zero-order valence-electron chi connectivity index (χ0n) is 13.4. The fraction of sp³-hybridized carbons (Fsp3) is 0. The monoisotopic (exact) mass is 325 g/mol. The number of para-hydroxylation sites is 1. The molecule has 3 heteroatoms. The second kappa shape index (κ2) is 5.28. The molecular weight excluding hydrogens is 310 g/mol. The highest BCUT2D eigenvalue weighted by Gasteiger charge is 2.20. The van der Waals surface area contributed by atoms with Gasteiger partial charge < -0.3 is 15.2 Å². The number of nitrogens with two attached hydrogens (primary N) is 1. The summed E-state index contributed by atoms with van der Waals surface area (Å²) in [5.41, 5.74) is 8.83. The van der Waals surface area contributed by atoms with Gasteiger partial charge in [0.15, 0.2) is 23.0 Å². The molecule has 0 fully saturated rings. The Morgan fingerprint density at radius 2 is 1.16 bits per heavy atom. The van der Waals surface area contributed by atoms with Crippen LogP contribution in [0.2, 0.25) is 0 Å². The van der Waals surface area contributed by atoms with Gasteiger partial charge in [-0.25, -0.2) is 0 Å². The predicted octanol–water partition coefficient (Wildman–Crippen LogP) is 5.99. The Hall–Kier alpha value is -3.46. The fourth-order valence-corrected chi connectivity index (χ4v) is 3.19. The highest BCUT2D eigenvalue weighted by Crippen LogP contribution is 2.48. The molecule has 3 nitrogen and oxygen atoms in total. The van der Waals surface area contributed by atoms with Gasteiger partial charge in [-0.3, -0.25) is 0 Å². The number of hydrogen-bond donors (Lipinski definition) is 1. The van der Waals surface area contributed by atoms with Gasteiger partial charge in [-0.2, -0.15) is 0 Å². The van der Waals surface area contributed by atoms with Crippen LogP contribution in [0.1, 0.15) is 0 Å². The first kappa shape index (κ1) is 13.9. The molecule has 25 heavy (non-hydrogen) atoms. The van der Waals surface area contributed by atoms with Gasteiger partial charge in [0.2, 0.25) is 0 Å². The Kier molecular flexibility index (Phi) is 2.94. The smallest absolute Gasteiger partial charge is 0.170 e. The molecule has 1 heterocycles. The van der Waals surface area contributed by atoms with Crippen LogP contribution < -0.4 is 15.2 Å². The van der Waals surface area contributed by atoms with E-state index in [9.17, 15) is 0 Å². The summed E-state index contributed by atoms with van der Waals surface area (Å²) in [7, 11) is 0. The summed E-state index contributed by atoms with van der Waals surface area (Å²) in [5, 5.41) is 2.25. The van der Waals surface area contributed by atoms with Crippen molar-refractivity contribution >= 4 is 16.5 Å². The minimum absolute atomic E-state index is 0.698. The summed E-state index contributed by atoms with van der Waals surface area (Å²) in [6, 6.07) is 25.9. The quantitative estimate of drug-likeness (QED) is 0.385. The lowest BCUT2D eigenvalue weighted by molar-refractivity contribution is 0.360. The number of fused-ring (bicyclic) bond motifs is 3. The second-order valence-electron chi connectivity index (χ2n) is 6.10. The molecule has 0 aromatic heterocycles. The first-order chi connectivity index (χ1) is 12.3. The van der Waals surface area contributed by atoms with Crippen LogP contribution >= 0.6 is 0 Å². The van der Waals surface area contributed by atoms with E-state index in [4.69, 9.17) is 15.2 Å². The van der Waals surface area contributed by atoms with Gasteiger partial charge in [0, 0.05) is 11.3 Å². The molecule has 0 amide bonds. The Morgan fingerprint density at radius 3 is 1.88 bits per heavy atom. The first-order valence-corrected chi connectivity index (χ1v) is 8.15. The van der Waals surface area contributed by atoms with Crippen LogP contribution in [0.25, 0.3) is 21.9 Å². The normalized spacial score (nSPS) is 12.0. The molecule has 0 bridgehead atoms. The van der Waals surface area contributed by atoms with Gasteiger partial charge in [0.25, 0.3) is 0 Å². The molecule has 1 aliphatic heterocycles. The minimum Gasteiger partial charge on any atom is -0.449 e. The van der Waals surface area contributed by atoms with Crippen molar-refractivity contribution in [1.82, 2.24) is 0 Å². The first-order valence-electron chi connectivity index (χ1n) is 8.15. The zero-order valence-corrected chi connectivity index (χ0v) is 13.4. The minimum atomic E-state index is 0.698. The van der Waals surface area contributed by atoms with Crippen LogP contribution in [0.5, 0.6) is 23.0 Å². The van der Waals surface area contributed by atoms with Crippen LogP contribution in [-0.4, -0.2) is 0 Å². The summed E-state index contributed by atoms with van der Waals surface area (Å²) in [5.74, 6) is 2.87. The van der Waals surface area contributed by atoms with Gasteiger partial charge in [0.05, 0.1) is 0 Å². The molecule has 5 rings (SSSR count). The molecule has 0 spiro atoms. The van der Waals surface area contributed by atoms with Crippen LogP contribution in [0.4, 0.5) is 5.69 Å². The summed E-state index contributed by atoms with van der Waals surface area (Å²) in [6.07, 6.45) is 0. The number of ether oxygens (including phenoxy) is 2. The van der Waals surface area contributed by atoms with Crippen molar-refractivity contribution in [2.45, 2.75) is 0 Å². The van der Waals surface area contributed by atoms with E-state index in [1.807, 2.05) is 66.7 Å². The molecule has 0 radical (unpaired) electrons. The number of benzene rings is 4. The molecule has 4 aromatic carbocycles. The maximum Gasteiger partial charge on any atom is 0.170 e. The lowest BCUT2D eigenvalue weighted by Crippen LogP contribution is -1.99. The topological polar surface area (TPSA) is 44.5 Å². The van der Waals surface area contributed by atoms with Crippen molar-refractivity contribution in [1.29, 1.82) is 0 Å². The summed E-state index contributed by atoms with van der Waals surface area (Å²) >= 11 is 0. The van der Waals surface area contributed by atoms with Crippen molar-refractivity contribution in [3.05, 3.63) is 78.9 Å². The largest absolute Gasteiger partial charge is 0.449 e. The van der Waals surface area contributed by atoms with Crippen molar-refractivity contribution in [2.24, 2.45) is 0 Å². The highest BCUT2D eigenvalue weighted by molar-refractivity contribution is 5.87. The number of anilines is 1. The Morgan fingerprint density at radius 1 is 0.560 bits per heavy atom. The standard InChI is InChI=1S/C22H15NO2/c23-18-8-4-3-7-17(18)16-9-10-19-20(13-16)25-22-12-15-6-2-1-5-14(15)11-21(22)24-19/h1-13H,23H2. The van der Waals surface area contributed by atoms with Crippen molar-refractivity contribution in [3.8, 4) is 34.1 Å². The van der Waals surface area contributed by atoms with Crippen LogP contribution in [0.3, 0.4) is 0 Å². The van der Waals surface area contributed by atoms with Gasteiger partial charge in [-0.1, -0.05) is 48.5 Å². The maximum atomic E-state index is 6.12. The van der Waals surface area contributed by atoms with E-state index < -0.39 is 0 Å². The van der Waals surface area contributed by atoms with E-state index in [0.717, 1.165) is 39.1 Å². The highest BCUT2D eigenvalue weighted by atomic mass is 16.6. The predicted molar refractivity (Wildman–Crippen MR) is 100 cm³/mol. The third kappa shape index (κ3) is 2.29. The molecular formula is C22H15NO2. The Balaban J connectivity index is 1.60. The number of hydrogen-bond acceptors (Lipinski definition) is 3. The molecule has 1 aliphatic rings. The molecule has 2 N–H and O–H groups in total. The molecule has 0 saturated carbocycles. The van der Waals surface area contributed by atoms with Crippen molar-refractivity contribution in [3.63, 3.8) is 0 Å². The molecule has 0 aliphatic carbocycles. The van der Waals surface area contributed by atoms with E-state index >= 15 is 0 Å². The van der Waals surface area contributed by atoms with E-state index in [-0.39, 0.29) is 0 Å². The summed E-state index contributed by atoms with van der Waals surface area (Å²) < 4.78 is 12.2. The fourth-order valence-electron chi connectivity index (χ4n) is 3.19. The summed E-state index contributed by atoms with van der Waals surface area (Å²) in [6.45, 7) is 0. The third-order valence-corrected chi connectivity index (χ3v) is 4.47. The molecule has 0 atom stereocenters. The number of rotatable bonds is 1. The van der Waals surface area contributed by atoms with Crippen LogP contribution in [-0.2, 0) is 0 Å². The SMILES string of the molecule is Nc1ccccc1-c1ccc2c(c1)Oc1cc3ccccc3cc1O2. The Labute approximate surface area is 145 Å². The average Bonchev–Trinajstić information content (AvgIpc) is 2.64. The van der Waals surface area contributed by atoms with Gasteiger partial charge >= 0.3 is 0 Å². The average molecular weight is 325 g/mol. The van der Waals surface area contributed by atoms with Crippen LogP contribution in [0.15, 0.2) is 78.9 Å². The van der Waals surface area contributed by atoms with Gasteiger partial charge in [-0.05, 0) is 46.7 Å².